The smallest absolute Gasteiger partial charge is 0.0417 e. The summed E-state index contributed by atoms with van der Waals surface area (Å²) < 4.78 is 0. The molecule has 0 spiro atoms. The Labute approximate surface area is 70.5 Å². The Hall–Kier alpha value is -1.32. The van der Waals surface area contributed by atoms with Gasteiger partial charge in [-0.1, -0.05) is 12.2 Å². The van der Waals surface area contributed by atoms with Gasteiger partial charge in [-0.2, -0.15) is 0 Å². The zero-order valence-electron chi connectivity index (χ0n) is 6.62. The molecule has 0 aliphatic heterocycles. The number of carboxylic acid groups (broad SMARTS) is 2. The summed E-state index contributed by atoms with van der Waals surface area (Å²) in [4.78, 5) is 19.8. The highest BCUT2D eigenvalue weighted by molar-refractivity contribution is 5.64. The van der Waals surface area contributed by atoms with Crippen LogP contribution in [0.5, 0.6) is 0 Å². The van der Waals surface area contributed by atoms with Gasteiger partial charge in [0.05, 0.1) is 0 Å². The van der Waals surface area contributed by atoms with Crippen molar-refractivity contribution < 1.29 is 19.8 Å². The molecule has 0 heterocycles. The van der Waals surface area contributed by atoms with Crippen molar-refractivity contribution in [2.45, 2.75) is 25.7 Å². The van der Waals surface area contributed by atoms with Gasteiger partial charge in [-0.25, -0.2) is 0 Å². The van der Waals surface area contributed by atoms with Crippen molar-refractivity contribution in [3.63, 3.8) is 0 Å². The highest BCUT2D eigenvalue weighted by atomic mass is 16.4. The Morgan fingerprint density at radius 3 is 1.50 bits per heavy atom. The molecule has 0 radical (unpaired) electrons. The summed E-state index contributed by atoms with van der Waals surface area (Å²) in [5.74, 6) is -2.20. The summed E-state index contributed by atoms with van der Waals surface area (Å²) in [6.45, 7) is 0. The molecular formula is C8H10O4-2. The number of carboxylic acids is 2. The third kappa shape index (κ3) is 8.68. The zero-order valence-corrected chi connectivity index (χ0v) is 6.62. The predicted octanol–water partition coefficient (Wildman–Crippen LogP) is -1.40. The summed E-state index contributed by atoms with van der Waals surface area (Å²) >= 11 is 0. The minimum atomic E-state index is -1.10. The fourth-order valence-corrected chi connectivity index (χ4v) is 0.638. The van der Waals surface area contributed by atoms with Crippen LogP contribution in [0.4, 0.5) is 0 Å². The van der Waals surface area contributed by atoms with Gasteiger partial charge in [0.1, 0.15) is 0 Å². The molecule has 0 N–H and O–H groups in total. The largest absolute Gasteiger partial charge is 0.550 e. The molecule has 68 valence electrons. The SMILES string of the molecule is O=C([O-])CC/C=C\CCC(=O)[O-]. The van der Waals surface area contributed by atoms with Crippen LogP contribution >= 0.6 is 0 Å². The predicted molar refractivity (Wildman–Crippen MR) is 37.6 cm³/mol. The standard InChI is InChI=1S/C8H12O4/c9-7(10)5-3-1-2-4-6-8(11)12/h1-2H,3-6H2,(H,9,10)(H,11,12)/p-2/b2-1-. The summed E-state index contributed by atoms with van der Waals surface area (Å²) in [7, 11) is 0. The molecule has 0 aromatic heterocycles. The molecule has 4 heteroatoms. The van der Waals surface area contributed by atoms with Crippen LogP contribution in [0.25, 0.3) is 0 Å². The minimum absolute atomic E-state index is 0.0260. The van der Waals surface area contributed by atoms with Gasteiger partial charge < -0.3 is 19.8 Å². The molecule has 0 rings (SSSR count). The van der Waals surface area contributed by atoms with Gasteiger partial charge in [-0.3, -0.25) is 0 Å². The van der Waals surface area contributed by atoms with E-state index in [0.717, 1.165) is 0 Å². The van der Waals surface area contributed by atoms with E-state index < -0.39 is 11.9 Å². The van der Waals surface area contributed by atoms with Crippen LogP contribution in [0.15, 0.2) is 12.2 Å². The summed E-state index contributed by atoms with van der Waals surface area (Å²) in [6, 6.07) is 0. The maximum Gasteiger partial charge on any atom is 0.0417 e. The van der Waals surface area contributed by atoms with Crippen LogP contribution in [0, 0.1) is 0 Å². The van der Waals surface area contributed by atoms with Crippen LogP contribution in [0.1, 0.15) is 25.7 Å². The van der Waals surface area contributed by atoms with Gasteiger partial charge in [-0.05, 0) is 25.7 Å². The number of carbonyl (C=O) groups excluding carboxylic acids is 2. The number of aliphatic carboxylic acids is 2. The van der Waals surface area contributed by atoms with Gasteiger partial charge in [0.2, 0.25) is 0 Å². The fraction of sp³-hybridized carbons (Fsp3) is 0.500. The van der Waals surface area contributed by atoms with Crippen LogP contribution < -0.4 is 10.2 Å². The quantitative estimate of drug-likeness (QED) is 0.459. The summed E-state index contributed by atoms with van der Waals surface area (Å²) in [5, 5.41) is 19.8. The average Bonchev–Trinajstić information content (AvgIpc) is 1.95. The van der Waals surface area contributed by atoms with Crippen molar-refractivity contribution in [3.8, 4) is 0 Å². The Bertz CT molecular complexity index is 163. The normalized spacial score (nSPS) is 10.3. The Morgan fingerprint density at radius 2 is 1.25 bits per heavy atom. The van der Waals surface area contributed by atoms with Gasteiger partial charge in [0.25, 0.3) is 0 Å². The number of rotatable bonds is 6. The second kappa shape index (κ2) is 6.39. The van der Waals surface area contributed by atoms with Crippen molar-refractivity contribution in [2.75, 3.05) is 0 Å². The summed E-state index contributed by atoms with van der Waals surface area (Å²) in [5.41, 5.74) is 0. The number of carbonyl (C=O) groups is 2. The van der Waals surface area contributed by atoms with E-state index in [0.29, 0.717) is 12.8 Å². The van der Waals surface area contributed by atoms with Crippen molar-refractivity contribution in [1.29, 1.82) is 0 Å². The number of hydrogen-bond acceptors (Lipinski definition) is 4. The first-order valence-corrected chi connectivity index (χ1v) is 3.67. The first kappa shape index (κ1) is 10.7. The molecule has 0 aromatic carbocycles. The molecule has 0 aromatic rings. The van der Waals surface area contributed by atoms with E-state index >= 15 is 0 Å². The highest BCUT2D eigenvalue weighted by Gasteiger charge is 1.83. The van der Waals surface area contributed by atoms with Crippen LogP contribution in [-0.2, 0) is 9.59 Å². The Balaban J connectivity index is 3.26. The molecule has 0 aliphatic rings. The van der Waals surface area contributed by atoms with E-state index in [1.54, 1.807) is 12.2 Å². The number of allylic oxidation sites excluding steroid dienone is 2. The molecular weight excluding hydrogens is 160 g/mol. The van der Waals surface area contributed by atoms with Gasteiger partial charge in [0, 0.05) is 11.9 Å². The topological polar surface area (TPSA) is 80.3 Å². The molecule has 0 saturated carbocycles. The van der Waals surface area contributed by atoms with Gasteiger partial charge in [0.15, 0.2) is 0 Å². The highest BCUT2D eigenvalue weighted by Crippen LogP contribution is 1.93. The molecule has 0 unspecified atom stereocenters. The average molecular weight is 170 g/mol. The third-order valence-electron chi connectivity index (χ3n) is 1.20. The lowest BCUT2D eigenvalue weighted by molar-refractivity contribution is -0.307. The van der Waals surface area contributed by atoms with Crippen LogP contribution in [-0.4, -0.2) is 11.9 Å². The van der Waals surface area contributed by atoms with Crippen LogP contribution in [0.2, 0.25) is 0 Å². The van der Waals surface area contributed by atoms with Crippen molar-refractivity contribution in [3.05, 3.63) is 12.2 Å². The Kier molecular flexibility index (Phi) is 5.69. The molecule has 0 fully saturated rings. The van der Waals surface area contributed by atoms with Crippen LogP contribution in [0.3, 0.4) is 0 Å². The first-order chi connectivity index (χ1) is 5.63. The van der Waals surface area contributed by atoms with E-state index in [9.17, 15) is 19.8 Å². The van der Waals surface area contributed by atoms with E-state index in [1.807, 2.05) is 0 Å². The lowest BCUT2D eigenvalue weighted by atomic mass is 10.2. The van der Waals surface area contributed by atoms with E-state index in [2.05, 4.69) is 0 Å². The monoisotopic (exact) mass is 170 g/mol. The fourth-order valence-electron chi connectivity index (χ4n) is 0.638. The molecule has 0 saturated heterocycles. The Morgan fingerprint density at radius 1 is 0.917 bits per heavy atom. The lowest BCUT2D eigenvalue weighted by Gasteiger charge is -1.97. The first-order valence-electron chi connectivity index (χ1n) is 3.67. The molecule has 12 heavy (non-hydrogen) atoms. The molecule has 0 aliphatic carbocycles. The maximum absolute atomic E-state index is 9.89. The van der Waals surface area contributed by atoms with Gasteiger partial charge in [-0.15, -0.1) is 0 Å². The lowest BCUT2D eigenvalue weighted by Crippen LogP contribution is -2.21. The summed E-state index contributed by atoms with van der Waals surface area (Å²) in [6.07, 6.45) is 3.96. The zero-order chi connectivity index (χ0) is 9.40. The van der Waals surface area contributed by atoms with Crippen molar-refractivity contribution >= 4 is 11.9 Å². The second-order valence-corrected chi connectivity index (χ2v) is 2.29. The van der Waals surface area contributed by atoms with E-state index in [-0.39, 0.29) is 12.8 Å². The second-order valence-electron chi connectivity index (χ2n) is 2.29. The maximum atomic E-state index is 9.89. The molecule has 0 atom stereocenters. The van der Waals surface area contributed by atoms with E-state index in [1.165, 1.54) is 0 Å². The molecule has 4 nitrogen and oxygen atoms in total. The van der Waals surface area contributed by atoms with Gasteiger partial charge >= 0.3 is 0 Å². The number of hydrogen-bond donors (Lipinski definition) is 0. The van der Waals surface area contributed by atoms with Crippen molar-refractivity contribution in [1.82, 2.24) is 0 Å². The molecule has 0 amide bonds. The minimum Gasteiger partial charge on any atom is -0.550 e. The van der Waals surface area contributed by atoms with Crippen molar-refractivity contribution in [2.24, 2.45) is 0 Å². The van der Waals surface area contributed by atoms with E-state index in [4.69, 9.17) is 0 Å². The molecule has 0 bridgehead atoms. The third-order valence-corrected chi connectivity index (χ3v) is 1.20.